The average Bonchev–Trinajstić information content (AvgIpc) is 2.34. The summed E-state index contributed by atoms with van der Waals surface area (Å²) in [5, 5.41) is 13.3. The van der Waals surface area contributed by atoms with Crippen molar-refractivity contribution in [1.82, 2.24) is 0 Å². The van der Waals surface area contributed by atoms with Gasteiger partial charge in [0.2, 0.25) is 0 Å². The molecule has 1 aromatic rings. The molecule has 0 spiro atoms. The van der Waals surface area contributed by atoms with Gasteiger partial charge in [-0.25, -0.2) is 0 Å². The van der Waals surface area contributed by atoms with E-state index in [2.05, 4.69) is 16.9 Å². The largest absolute Gasteiger partial charge is 0.388 e. The number of benzene rings is 1. The molecule has 86 valence electrons. The van der Waals surface area contributed by atoms with Crippen LogP contribution in [-0.4, -0.2) is 11.7 Å². The molecule has 0 amide bonds. The van der Waals surface area contributed by atoms with E-state index in [0.717, 1.165) is 12.0 Å². The van der Waals surface area contributed by atoms with Crippen LogP contribution in [0.1, 0.15) is 37.0 Å². The highest BCUT2D eigenvalue weighted by atomic mass is 16.3. The van der Waals surface area contributed by atoms with Crippen LogP contribution in [-0.2, 0) is 6.42 Å². The van der Waals surface area contributed by atoms with Gasteiger partial charge in [0.1, 0.15) is 0 Å². The van der Waals surface area contributed by atoms with Crippen molar-refractivity contribution in [3.05, 3.63) is 45.8 Å². The third kappa shape index (κ3) is 3.93. The quantitative estimate of drug-likeness (QED) is 0.339. The first kappa shape index (κ1) is 12.6. The Kier molecular flexibility index (Phi) is 5.40. The molecule has 1 N–H and O–H groups in total. The zero-order chi connectivity index (χ0) is 11.8. The zero-order valence-electron chi connectivity index (χ0n) is 9.50. The Morgan fingerprint density at radius 1 is 1.38 bits per heavy atom. The van der Waals surface area contributed by atoms with Crippen molar-refractivity contribution in [2.75, 3.05) is 6.54 Å². The van der Waals surface area contributed by atoms with Crippen molar-refractivity contribution < 1.29 is 5.11 Å². The van der Waals surface area contributed by atoms with E-state index < -0.39 is 6.10 Å². The SMILES string of the molecule is CCc1ccc(C(O)CCCN=[N+]=[N-])cc1. The predicted octanol–water partition coefficient (Wildman–Crippen LogP) is 3.37. The second kappa shape index (κ2) is 6.88. The third-order valence-corrected chi connectivity index (χ3v) is 2.57. The minimum absolute atomic E-state index is 0.445. The van der Waals surface area contributed by atoms with Crippen molar-refractivity contribution in [1.29, 1.82) is 0 Å². The fourth-order valence-electron chi connectivity index (χ4n) is 1.54. The third-order valence-electron chi connectivity index (χ3n) is 2.57. The second-order valence-corrected chi connectivity index (χ2v) is 3.71. The Morgan fingerprint density at radius 2 is 2.06 bits per heavy atom. The fourth-order valence-corrected chi connectivity index (χ4v) is 1.54. The summed E-state index contributed by atoms with van der Waals surface area (Å²) in [7, 11) is 0. The molecule has 1 unspecified atom stereocenters. The van der Waals surface area contributed by atoms with E-state index in [1.54, 1.807) is 0 Å². The van der Waals surface area contributed by atoms with Gasteiger partial charge in [0.25, 0.3) is 0 Å². The molecule has 0 radical (unpaired) electrons. The Hall–Kier alpha value is -1.51. The number of rotatable bonds is 6. The van der Waals surface area contributed by atoms with E-state index in [1.807, 2.05) is 24.3 Å². The van der Waals surface area contributed by atoms with Crippen LogP contribution in [0.4, 0.5) is 0 Å². The molecule has 0 saturated heterocycles. The maximum atomic E-state index is 9.85. The first-order chi connectivity index (χ1) is 7.77. The topological polar surface area (TPSA) is 69.0 Å². The van der Waals surface area contributed by atoms with Gasteiger partial charge in [0, 0.05) is 11.5 Å². The lowest BCUT2D eigenvalue weighted by molar-refractivity contribution is 0.165. The minimum Gasteiger partial charge on any atom is -0.388 e. The molecule has 16 heavy (non-hydrogen) atoms. The molecule has 0 saturated carbocycles. The van der Waals surface area contributed by atoms with Crippen LogP contribution in [0, 0.1) is 0 Å². The van der Waals surface area contributed by atoms with Gasteiger partial charge in [-0.05, 0) is 35.9 Å². The number of aliphatic hydroxyl groups is 1. The van der Waals surface area contributed by atoms with Gasteiger partial charge >= 0.3 is 0 Å². The first-order valence-corrected chi connectivity index (χ1v) is 5.55. The summed E-state index contributed by atoms with van der Waals surface area (Å²) in [6.45, 7) is 2.55. The van der Waals surface area contributed by atoms with E-state index >= 15 is 0 Å². The summed E-state index contributed by atoms with van der Waals surface area (Å²) >= 11 is 0. The second-order valence-electron chi connectivity index (χ2n) is 3.71. The number of aryl methyl sites for hydroxylation is 1. The molecule has 0 heterocycles. The molecule has 0 fully saturated rings. The lowest BCUT2D eigenvalue weighted by Crippen LogP contribution is -1.98. The molecule has 1 atom stereocenters. The van der Waals surface area contributed by atoms with E-state index in [-0.39, 0.29) is 0 Å². The molecular weight excluding hydrogens is 202 g/mol. The Balaban J connectivity index is 2.45. The molecule has 1 aromatic carbocycles. The van der Waals surface area contributed by atoms with Gasteiger partial charge in [-0.1, -0.05) is 36.3 Å². The van der Waals surface area contributed by atoms with Crippen LogP contribution in [0.2, 0.25) is 0 Å². The molecule has 0 aliphatic carbocycles. The van der Waals surface area contributed by atoms with Gasteiger partial charge in [-0.15, -0.1) is 0 Å². The molecule has 4 nitrogen and oxygen atoms in total. The van der Waals surface area contributed by atoms with Crippen molar-refractivity contribution in [3.63, 3.8) is 0 Å². The maximum absolute atomic E-state index is 9.85. The summed E-state index contributed by atoms with van der Waals surface area (Å²) in [5.74, 6) is 0. The van der Waals surface area contributed by atoms with Crippen LogP contribution in [0.15, 0.2) is 29.4 Å². The smallest absolute Gasteiger partial charge is 0.0790 e. The van der Waals surface area contributed by atoms with Crippen molar-refractivity contribution in [2.45, 2.75) is 32.3 Å². The van der Waals surface area contributed by atoms with E-state index in [9.17, 15) is 5.11 Å². The number of nitrogens with zero attached hydrogens (tertiary/aromatic N) is 3. The van der Waals surface area contributed by atoms with Gasteiger partial charge in [-0.2, -0.15) is 0 Å². The average molecular weight is 219 g/mol. The number of aliphatic hydroxyl groups excluding tert-OH is 1. The van der Waals surface area contributed by atoms with Crippen LogP contribution in [0.3, 0.4) is 0 Å². The summed E-state index contributed by atoms with van der Waals surface area (Å²) in [6, 6.07) is 7.98. The summed E-state index contributed by atoms with van der Waals surface area (Å²) in [6.07, 6.45) is 1.89. The van der Waals surface area contributed by atoms with E-state index in [4.69, 9.17) is 5.53 Å². The fraction of sp³-hybridized carbons (Fsp3) is 0.500. The number of azide groups is 1. The van der Waals surface area contributed by atoms with E-state index in [0.29, 0.717) is 19.4 Å². The van der Waals surface area contributed by atoms with Gasteiger partial charge in [0.15, 0.2) is 0 Å². The van der Waals surface area contributed by atoms with Crippen LogP contribution in [0.5, 0.6) is 0 Å². The lowest BCUT2D eigenvalue weighted by atomic mass is 10.0. The van der Waals surface area contributed by atoms with Crippen molar-refractivity contribution >= 4 is 0 Å². The number of hydrogen-bond acceptors (Lipinski definition) is 2. The Bertz CT molecular complexity index is 355. The van der Waals surface area contributed by atoms with Gasteiger partial charge < -0.3 is 5.11 Å². The van der Waals surface area contributed by atoms with Crippen LogP contribution < -0.4 is 0 Å². The highest BCUT2D eigenvalue weighted by Crippen LogP contribution is 2.18. The van der Waals surface area contributed by atoms with Crippen molar-refractivity contribution in [3.8, 4) is 0 Å². The minimum atomic E-state index is -0.459. The standard InChI is InChI=1S/C12H17N3O/c1-2-10-5-7-11(8-6-10)12(16)4-3-9-14-15-13/h5-8,12,16H,2-4,9H2,1H3. The monoisotopic (exact) mass is 219 g/mol. The van der Waals surface area contributed by atoms with Gasteiger partial charge in [-0.3, -0.25) is 0 Å². The predicted molar refractivity (Wildman–Crippen MR) is 64.0 cm³/mol. The Morgan fingerprint density at radius 3 is 2.62 bits per heavy atom. The molecule has 0 aliphatic heterocycles. The molecule has 1 rings (SSSR count). The van der Waals surface area contributed by atoms with Crippen LogP contribution >= 0.6 is 0 Å². The summed E-state index contributed by atoms with van der Waals surface area (Å²) in [5.41, 5.74) is 10.3. The lowest BCUT2D eigenvalue weighted by Gasteiger charge is -2.10. The summed E-state index contributed by atoms with van der Waals surface area (Å²) in [4.78, 5) is 2.67. The molecule has 0 aliphatic rings. The zero-order valence-corrected chi connectivity index (χ0v) is 9.50. The normalized spacial score (nSPS) is 11.9. The molecular formula is C12H17N3O. The van der Waals surface area contributed by atoms with E-state index in [1.165, 1.54) is 5.56 Å². The Labute approximate surface area is 95.5 Å². The first-order valence-electron chi connectivity index (χ1n) is 5.55. The molecule has 0 bridgehead atoms. The molecule has 4 heteroatoms. The highest BCUT2D eigenvalue weighted by Gasteiger charge is 2.06. The maximum Gasteiger partial charge on any atom is 0.0790 e. The van der Waals surface area contributed by atoms with Gasteiger partial charge in [0.05, 0.1) is 6.10 Å². The highest BCUT2D eigenvalue weighted by molar-refractivity contribution is 5.23. The number of hydrogen-bond donors (Lipinski definition) is 1. The van der Waals surface area contributed by atoms with Crippen LogP contribution in [0.25, 0.3) is 10.4 Å². The summed E-state index contributed by atoms with van der Waals surface area (Å²) < 4.78 is 0. The molecule has 0 aromatic heterocycles. The van der Waals surface area contributed by atoms with Crippen molar-refractivity contribution in [2.24, 2.45) is 5.11 Å².